The Bertz CT molecular complexity index is 688. The third-order valence-corrected chi connectivity index (χ3v) is 3.35. The molecule has 1 atom stereocenters. The molecule has 0 saturated heterocycles. The summed E-state index contributed by atoms with van der Waals surface area (Å²) in [5, 5.41) is 0. The summed E-state index contributed by atoms with van der Waals surface area (Å²) in [5.41, 5.74) is 4.22. The standard InChI is InChI=1S/C15H15N3O/c1-11(19-2)12-3-5-13(6-4-12)14-9-17-15-10-16-7-8-18(14)15/h3-11H,1-2H3. The average molecular weight is 253 g/mol. The zero-order valence-electron chi connectivity index (χ0n) is 10.9. The predicted octanol–water partition coefficient (Wildman–Crippen LogP) is 3.10. The van der Waals surface area contributed by atoms with E-state index in [2.05, 4.69) is 34.2 Å². The number of hydrogen-bond acceptors (Lipinski definition) is 3. The van der Waals surface area contributed by atoms with E-state index < -0.39 is 0 Å². The van der Waals surface area contributed by atoms with E-state index in [0.717, 1.165) is 16.9 Å². The molecule has 0 saturated carbocycles. The van der Waals surface area contributed by atoms with Crippen LogP contribution in [0.25, 0.3) is 16.9 Å². The van der Waals surface area contributed by atoms with Gasteiger partial charge in [0.25, 0.3) is 0 Å². The summed E-state index contributed by atoms with van der Waals surface area (Å²) in [5.74, 6) is 0. The third-order valence-electron chi connectivity index (χ3n) is 3.35. The Kier molecular flexibility index (Phi) is 3.01. The van der Waals surface area contributed by atoms with Crippen LogP contribution >= 0.6 is 0 Å². The predicted molar refractivity (Wildman–Crippen MR) is 73.8 cm³/mol. The second-order valence-corrected chi connectivity index (χ2v) is 4.45. The zero-order chi connectivity index (χ0) is 13.2. The molecule has 0 radical (unpaired) electrons. The molecule has 0 fully saturated rings. The summed E-state index contributed by atoms with van der Waals surface area (Å²) in [6.45, 7) is 2.04. The lowest BCUT2D eigenvalue weighted by atomic mass is 10.1. The van der Waals surface area contributed by atoms with E-state index in [1.807, 2.05) is 23.7 Å². The maximum atomic E-state index is 5.31. The molecule has 1 unspecified atom stereocenters. The minimum Gasteiger partial charge on any atom is -0.377 e. The SMILES string of the molecule is COC(C)c1ccc(-c2cnc3cnccn23)cc1. The number of fused-ring (bicyclic) bond motifs is 1. The van der Waals surface area contributed by atoms with Gasteiger partial charge in [-0.2, -0.15) is 0 Å². The quantitative estimate of drug-likeness (QED) is 0.720. The van der Waals surface area contributed by atoms with Crippen molar-refractivity contribution in [2.45, 2.75) is 13.0 Å². The highest BCUT2D eigenvalue weighted by atomic mass is 16.5. The van der Waals surface area contributed by atoms with Crippen LogP contribution in [0, 0.1) is 0 Å². The number of imidazole rings is 1. The van der Waals surface area contributed by atoms with Gasteiger partial charge >= 0.3 is 0 Å². The van der Waals surface area contributed by atoms with Crippen LogP contribution in [-0.4, -0.2) is 21.5 Å². The number of nitrogens with zero attached hydrogens (tertiary/aromatic N) is 3. The topological polar surface area (TPSA) is 39.4 Å². The van der Waals surface area contributed by atoms with Gasteiger partial charge in [0.15, 0.2) is 5.65 Å². The second-order valence-electron chi connectivity index (χ2n) is 4.45. The summed E-state index contributed by atoms with van der Waals surface area (Å²) in [4.78, 5) is 8.41. The summed E-state index contributed by atoms with van der Waals surface area (Å²) in [7, 11) is 1.72. The Morgan fingerprint density at radius 2 is 1.95 bits per heavy atom. The van der Waals surface area contributed by atoms with Gasteiger partial charge in [0.1, 0.15) is 0 Å². The number of hydrogen-bond donors (Lipinski definition) is 0. The van der Waals surface area contributed by atoms with Crippen LogP contribution in [0.5, 0.6) is 0 Å². The minimum atomic E-state index is 0.112. The molecule has 3 rings (SSSR count). The van der Waals surface area contributed by atoms with Crippen LogP contribution in [0.3, 0.4) is 0 Å². The molecule has 2 aromatic heterocycles. The molecular weight excluding hydrogens is 238 g/mol. The maximum Gasteiger partial charge on any atom is 0.155 e. The second kappa shape index (κ2) is 4.82. The van der Waals surface area contributed by atoms with Crippen molar-refractivity contribution in [1.29, 1.82) is 0 Å². The van der Waals surface area contributed by atoms with Crippen LogP contribution < -0.4 is 0 Å². The van der Waals surface area contributed by atoms with Crippen molar-refractivity contribution in [2.24, 2.45) is 0 Å². The van der Waals surface area contributed by atoms with Crippen molar-refractivity contribution >= 4 is 5.65 Å². The number of aromatic nitrogens is 3. The van der Waals surface area contributed by atoms with Gasteiger partial charge in [-0.25, -0.2) is 4.98 Å². The Labute approximate surface area is 111 Å². The van der Waals surface area contributed by atoms with E-state index in [9.17, 15) is 0 Å². The smallest absolute Gasteiger partial charge is 0.155 e. The zero-order valence-corrected chi connectivity index (χ0v) is 10.9. The van der Waals surface area contributed by atoms with Crippen molar-refractivity contribution in [1.82, 2.24) is 14.4 Å². The van der Waals surface area contributed by atoms with Crippen molar-refractivity contribution in [3.8, 4) is 11.3 Å². The fraction of sp³-hybridized carbons (Fsp3) is 0.200. The Hall–Kier alpha value is -2.20. The van der Waals surface area contributed by atoms with Crippen molar-refractivity contribution in [2.75, 3.05) is 7.11 Å². The van der Waals surface area contributed by atoms with Gasteiger partial charge in [-0.3, -0.25) is 9.38 Å². The number of rotatable bonds is 3. The van der Waals surface area contributed by atoms with Crippen LogP contribution in [0.15, 0.2) is 49.1 Å². The van der Waals surface area contributed by atoms with E-state index in [1.54, 1.807) is 19.5 Å². The van der Waals surface area contributed by atoms with Crippen LogP contribution in [0.1, 0.15) is 18.6 Å². The summed E-state index contributed by atoms with van der Waals surface area (Å²) in [6.07, 6.45) is 7.42. The fourth-order valence-electron chi connectivity index (χ4n) is 2.12. The molecule has 4 nitrogen and oxygen atoms in total. The van der Waals surface area contributed by atoms with Gasteiger partial charge in [0.05, 0.1) is 24.2 Å². The van der Waals surface area contributed by atoms with Crippen molar-refractivity contribution < 1.29 is 4.74 Å². The Morgan fingerprint density at radius 3 is 2.68 bits per heavy atom. The summed E-state index contributed by atoms with van der Waals surface area (Å²) in [6, 6.07) is 8.36. The monoisotopic (exact) mass is 253 g/mol. The lowest BCUT2D eigenvalue weighted by Gasteiger charge is -2.10. The van der Waals surface area contributed by atoms with Gasteiger partial charge < -0.3 is 4.74 Å². The van der Waals surface area contributed by atoms with E-state index >= 15 is 0 Å². The van der Waals surface area contributed by atoms with E-state index in [-0.39, 0.29) is 6.10 Å². The molecule has 0 aliphatic carbocycles. The lowest BCUT2D eigenvalue weighted by molar-refractivity contribution is 0.119. The highest BCUT2D eigenvalue weighted by molar-refractivity contribution is 5.63. The molecule has 0 N–H and O–H groups in total. The number of ether oxygens (including phenoxy) is 1. The van der Waals surface area contributed by atoms with E-state index in [0.29, 0.717) is 0 Å². The number of benzene rings is 1. The lowest BCUT2D eigenvalue weighted by Crippen LogP contribution is -1.95. The molecule has 3 aromatic rings. The first kappa shape index (κ1) is 11.9. The maximum absolute atomic E-state index is 5.31. The molecule has 4 heteroatoms. The normalized spacial score (nSPS) is 12.7. The third kappa shape index (κ3) is 2.11. The molecule has 0 amide bonds. The molecule has 0 bridgehead atoms. The van der Waals surface area contributed by atoms with E-state index in [4.69, 9.17) is 4.74 Å². The number of methoxy groups -OCH3 is 1. The fourth-order valence-corrected chi connectivity index (χ4v) is 2.12. The van der Waals surface area contributed by atoms with E-state index in [1.165, 1.54) is 5.56 Å². The molecule has 0 aliphatic heterocycles. The Morgan fingerprint density at radius 1 is 1.16 bits per heavy atom. The molecule has 96 valence electrons. The van der Waals surface area contributed by atoms with Gasteiger partial charge in [-0.15, -0.1) is 0 Å². The van der Waals surface area contributed by atoms with Gasteiger partial charge in [-0.05, 0) is 12.5 Å². The first-order valence-corrected chi connectivity index (χ1v) is 6.20. The summed E-state index contributed by atoms with van der Waals surface area (Å²) < 4.78 is 7.34. The van der Waals surface area contributed by atoms with Crippen molar-refractivity contribution in [3.63, 3.8) is 0 Å². The Balaban J connectivity index is 2.02. The molecular formula is C15H15N3O. The molecule has 0 spiro atoms. The van der Waals surface area contributed by atoms with Crippen LogP contribution in [-0.2, 0) is 4.74 Å². The van der Waals surface area contributed by atoms with Crippen molar-refractivity contribution in [3.05, 3.63) is 54.6 Å². The first-order chi connectivity index (χ1) is 9.29. The van der Waals surface area contributed by atoms with Gasteiger partial charge in [0.2, 0.25) is 0 Å². The highest BCUT2D eigenvalue weighted by Crippen LogP contribution is 2.23. The van der Waals surface area contributed by atoms with Gasteiger partial charge in [0, 0.05) is 25.1 Å². The molecule has 0 aliphatic rings. The molecule has 19 heavy (non-hydrogen) atoms. The average Bonchev–Trinajstić information content (AvgIpc) is 2.90. The summed E-state index contributed by atoms with van der Waals surface area (Å²) >= 11 is 0. The van der Waals surface area contributed by atoms with Crippen LogP contribution in [0.2, 0.25) is 0 Å². The first-order valence-electron chi connectivity index (χ1n) is 6.20. The minimum absolute atomic E-state index is 0.112. The highest BCUT2D eigenvalue weighted by Gasteiger charge is 2.07. The largest absolute Gasteiger partial charge is 0.377 e. The van der Waals surface area contributed by atoms with Gasteiger partial charge in [-0.1, -0.05) is 24.3 Å². The molecule has 2 heterocycles. The molecule has 1 aromatic carbocycles. The van der Waals surface area contributed by atoms with Crippen LogP contribution in [0.4, 0.5) is 0 Å².